The topological polar surface area (TPSA) is 79.7 Å². The number of piperidine rings is 1. The second-order valence-electron chi connectivity index (χ2n) is 6.44. The molecule has 2 aromatic heterocycles. The summed E-state index contributed by atoms with van der Waals surface area (Å²) in [6.45, 7) is 5.39. The lowest BCUT2D eigenvalue weighted by Gasteiger charge is -2.37. The van der Waals surface area contributed by atoms with Crippen LogP contribution in [0.4, 0.5) is 0 Å². The van der Waals surface area contributed by atoms with Crippen molar-refractivity contribution in [2.24, 2.45) is 5.92 Å². The zero-order chi connectivity index (χ0) is 15.6. The van der Waals surface area contributed by atoms with Crippen LogP contribution in [0.25, 0.3) is 0 Å². The molecule has 0 aliphatic carbocycles. The highest BCUT2D eigenvalue weighted by atomic mass is 16.2. The highest BCUT2D eigenvalue weighted by Gasteiger charge is 2.36. The summed E-state index contributed by atoms with van der Waals surface area (Å²) in [5.74, 6) is 0.581. The third-order valence-corrected chi connectivity index (χ3v) is 4.39. The highest BCUT2D eigenvalue weighted by Crippen LogP contribution is 2.24. The van der Waals surface area contributed by atoms with E-state index in [1.165, 1.54) is 6.33 Å². The first-order chi connectivity index (χ1) is 10.6. The zero-order valence-electron chi connectivity index (χ0n) is 13.1. The number of hydrogen-bond donors (Lipinski definition) is 1. The van der Waals surface area contributed by atoms with Gasteiger partial charge in [-0.05, 0) is 45.1 Å². The van der Waals surface area contributed by atoms with Crippen molar-refractivity contribution in [3.63, 3.8) is 0 Å². The fourth-order valence-corrected chi connectivity index (χ4v) is 3.11. The van der Waals surface area contributed by atoms with Crippen LogP contribution in [0.15, 0.2) is 24.9 Å². The maximum atomic E-state index is 12.9. The smallest absolute Gasteiger partial charge is 0.250 e. The van der Waals surface area contributed by atoms with Crippen LogP contribution >= 0.6 is 0 Å². The van der Waals surface area contributed by atoms with E-state index in [0.717, 1.165) is 38.0 Å². The van der Waals surface area contributed by atoms with E-state index in [2.05, 4.69) is 20.3 Å². The van der Waals surface area contributed by atoms with E-state index in [1.807, 2.05) is 24.8 Å². The van der Waals surface area contributed by atoms with Gasteiger partial charge in [-0.2, -0.15) is 10.2 Å². The molecule has 7 nitrogen and oxygen atoms in total. The lowest BCUT2D eigenvalue weighted by molar-refractivity contribution is -0.141. The van der Waals surface area contributed by atoms with E-state index in [-0.39, 0.29) is 5.91 Å². The second-order valence-corrected chi connectivity index (χ2v) is 6.44. The van der Waals surface area contributed by atoms with Crippen LogP contribution in [0.1, 0.15) is 32.4 Å². The summed E-state index contributed by atoms with van der Waals surface area (Å²) >= 11 is 0. The van der Waals surface area contributed by atoms with Crippen molar-refractivity contribution in [3.05, 3.63) is 30.6 Å². The third kappa shape index (κ3) is 2.88. The molecule has 3 heterocycles. The van der Waals surface area contributed by atoms with Crippen LogP contribution in [0.3, 0.4) is 0 Å². The number of carbonyl (C=O) groups is 1. The average Bonchev–Trinajstić information content (AvgIpc) is 3.20. The van der Waals surface area contributed by atoms with Crippen molar-refractivity contribution < 1.29 is 4.79 Å². The monoisotopic (exact) mass is 302 g/mol. The van der Waals surface area contributed by atoms with Gasteiger partial charge in [-0.15, -0.1) is 0 Å². The number of likely N-dealkylation sites (tertiary alicyclic amines) is 1. The van der Waals surface area contributed by atoms with Crippen molar-refractivity contribution >= 4 is 5.91 Å². The van der Waals surface area contributed by atoms with Gasteiger partial charge in [-0.1, -0.05) is 0 Å². The van der Waals surface area contributed by atoms with E-state index < -0.39 is 5.54 Å². The van der Waals surface area contributed by atoms with Gasteiger partial charge in [0.05, 0.1) is 0 Å². The Kier molecular flexibility index (Phi) is 3.96. The van der Waals surface area contributed by atoms with Crippen LogP contribution in [-0.4, -0.2) is 48.9 Å². The summed E-state index contributed by atoms with van der Waals surface area (Å²) < 4.78 is 1.63. The minimum absolute atomic E-state index is 0.104. The minimum Gasteiger partial charge on any atom is -0.340 e. The molecule has 22 heavy (non-hydrogen) atoms. The fourth-order valence-electron chi connectivity index (χ4n) is 3.11. The Morgan fingerprint density at radius 1 is 1.50 bits per heavy atom. The number of aromatic amines is 1. The molecule has 0 spiro atoms. The molecular formula is C15H22N6O. The lowest BCUT2D eigenvalue weighted by atomic mass is 9.92. The van der Waals surface area contributed by atoms with Crippen molar-refractivity contribution in [2.45, 2.75) is 38.6 Å². The minimum atomic E-state index is -0.702. The van der Waals surface area contributed by atoms with E-state index >= 15 is 0 Å². The summed E-state index contributed by atoms with van der Waals surface area (Å²) in [5, 5.41) is 11.1. The van der Waals surface area contributed by atoms with E-state index in [4.69, 9.17) is 0 Å². The van der Waals surface area contributed by atoms with Gasteiger partial charge in [0, 0.05) is 25.0 Å². The Morgan fingerprint density at radius 3 is 3.05 bits per heavy atom. The average molecular weight is 302 g/mol. The Morgan fingerprint density at radius 2 is 2.36 bits per heavy atom. The summed E-state index contributed by atoms with van der Waals surface area (Å²) in [5.41, 5.74) is 0.432. The first-order valence-electron chi connectivity index (χ1n) is 7.70. The molecule has 3 rings (SSSR count). The molecule has 1 aliphatic heterocycles. The van der Waals surface area contributed by atoms with Gasteiger partial charge in [0.15, 0.2) is 0 Å². The van der Waals surface area contributed by atoms with Gasteiger partial charge >= 0.3 is 0 Å². The van der Waals surface area contributed by atoms with Gasteiger partial charge < -0.3 is 4.90 Å². The van der Waals surface area contributed by atoms with Gasteiger partial charge in [0.25, 0.3) is 0 Å². The van der Waals surface area contributed by atoms with Crippen LogP contribution in [-0.2, 0) is 16.8 Å². The number of nitrogens with one attached hydrogen (secondary N) is 1. The molecule has 0 radical (unpaired) electrons. The lowest BCUT2D eigenvalue weighted by Crippen LogP contribution is -2.50. The molecule has 1 N–H and O–H groups in total. The maximum Gasteiger partial charge on any atom is 0.250 e. The van der Waals surface area contributed by atoms with Gasteiger partial charge in [-0.3, -0.25) is 9.89 Å². The van der Waals surface area contributed by atoms with E-state index in [9.17, 15) is 4.79 Å². The summed E-state index contributed by atoms with van der Waals surface area (Å²) in [6.07, 6.45) is 7.96. The number of H-pyrrole nitrogens is 1. The maximum absolute atomic E-state index is 12.9. The number of rotatable bonds is 4. The summed E-state index contributed by atoms with van der Waals surface area (Å²) in [7, 11) is 0. The van der Waals surface area contributed by atoms with Crippen molar-refractivity contribution in [1.82, 2.24) is 29.9 Å². The molecule has 1 aliphatic rings. The van der Waals surface area contributed by atoms with Gasteiger partial charge in [0.1, 0.15) is 18.2 Å². The molecular weight excluding hydrogens is 280 g/mol. The number of amides is 1. The van der Waals surface area contributed by atoms with E-state index in [0.29, 0.717) is 5.92 Å². The molecule has 118 valence electrons. The predicted molar refractivity (Wildman–Crippen MR) is 80.9 cm³/mol. The number of carbonyl (C=O) groups excluding carboxylic acids is 1. The molecule has 1 saturated heterocycles. The van der Waals surface area contributed by atoms with Crippen LogP contribution in [0.2, 0.25) is 0 Å². The Balaban J connectivity index is 1.67. The van der Waals surface area contributed by atoms with E-state index in [1.54, 1.807) is 17.2 Å². The summed E-state index contributed by atoms with van der Waals surface area (Å²) in [6, 6.07) is 2.00. The first kappa shape index (κ1) is 14.7. The van der Waals surface area contributed by atoms with Gasteiger partial charge in [0.2, 0.25) is 5.91 Å². The van der Waals surface area contributed by atoms with Crippen LogP contribution in [0.5, 0.6) is 0 Å². The quantitative estimate of drug-likeness (QED) is 0.921. The third-order valence-electron chi connectivity index (χ3n) is 4.39. The largest absolute Gasteiger partial charge is 0.340 e. The molecule has 0 bridgehead atoms. The molecule has 1 atom stereocenters. The number of hydrogen-bond acceptors (Lipinski definition) is 4. The number of aromatic nitrogens is 5. The second kappa shape index (κ2) is 5.90. The molecule has 0 unspecified atom stereocenters. The highest BCUT2D eigenvalue weighted by molar-refractivity contribution is 5.83. The predicted octanol–water partition coefficient (Wildman–Crippen LogP) is 1.22. The Bertz CT molecular complexity index is 604. The Labute approximate surface area is 129 Å². The van der Waals surface area contributed by atoms with Crippen molar-refractivity contribution in [2.75, 3.05) is 13.1 Å². The Hall–Kier alpha value is -2.18. The molecule has 7 heteroatoms. The SMILES string of the molecule is CC(C)(C(=O)N1CCC[C@H](Cc2ccn[nH]2)C1)n1cncn1. The van der Waals surface area contributed by atoms with Gasteiger partial charge in [-0.25, -0.2) is 9.67 Å². The normalized spacial score (nSPS) is 19.4. The molecule has 1 fully saturated rings. The van der Waals surface area contributed by atoms with Crippen molar-refractivity contribution in [3.8, 4) is 0 Å². The number of nitrogens with zero attached hydrogens (tertiary/aromatic N) is 5. The summed E-state index contributed by atoms with van der Waals surface area (Å²) in [4.78, 5) is 18.8. The zero-order valence-corrected chi connectivity index (χ0v) is 13.1. The molecule has 0 saturated carbocycles. The molecule has 0 aromatic carbocycles. The fraction of sp³-hybridized carbons (Fsp3) is 0.600. The first-order valence-corrected chi connectivity index (χ1v) is 7.70. The van der Waals surface area contributed by atoms with Crippen LogP contribution in [0, 0.1) is 5.92 Å². The van der Waals surface area contributed by atoms with Crippen LogP contribution < -0.4 is 0 Å². The standard InChI is InChI=1S/C15H22N6O/c1-15(2,21-11-16-10-18-21)14(22)20-7-3-4-12(9-20)8-13-5-6-17-19-13/h5-6,10-12H,3-4,7-9H2,1-2H3,(H,17,19)/t12-/m1/s1. The molecule has 2 aromatic rings. The van der Waals surface area contributed by atoms with Crippen molar-refractivity contribution in [1.29, 1.82) is 0 Å². The molecule has 1 amide bonds.